The summed E-state index contributed by atoms with van der Waals surface area (Å²) in [6.07, 6.45) is 3.62. The Hall–Kier alpha value is -2.51. The molecule has 0 aliphatic carbocycles. The van der Waals surface area contributed by atoms with Crippen LogP contribution in [0.15, 0.2) is 24.4 Å². The van der Waals surface area contributed by atoms with Gasteiger partial charge in [-0.25, -0.2) is 13.6 Å². The topological polar surface area (TPSA) is 63.1 Å². The van der Waals surface area contributed by atoms with E-state index in [1.807, 2.05) is 0 Å². The predicted molar refractivity (Wildman–Crippen MR) is 84.4 cm³/mol. The molecule has 0 saturated carbocycles. The van der Waals surface area contributed by atoms with E-state index in [9.17, 15) is 13.6 Å². The number of amides is 2. The molecular weight excluding hydrogens is 316 g/mol. The van der Waals surface area contributed by atoms with E-state index in [2.05, 4.69) is 15.6 Å². The molecular formula is C16H19F2N5O. The number of rotatable bonds is 3. The number of piperidine rings is 1. The number of likely N-dealkylation sites (tertiary alicyclic amines) is 1. The minimum absolute atomic E-state index is 0.217. The number of aromatic nitrogens is 3. The summed E-state index contributed by atoms with van der Waals surface area (Å²) in [6, 6.07) is 4.05. The lowest BCUT2D eigenvalue weighted by Crippen LogP contribution is -2.41. The molecule has 1 aromatic heterocycles. The van der Waals surface area contributed by atoms with Crippen molar-refractivity contribution in [2.24, 2.45) is 13.0 Å². The van der Waals surface area contributed by atoms with E-state index < -0.39 is 11.6 Å². The van der Waals surface area contributed by atoms with Crippen LogP contribution in [0.25, 0.3) is 0 Å². The van der Waals surface area contributed by atoms with Gasteiger partial charge in [-0.2, -0.15) is 0 Å². The largest absolute Gasteiger partial charge is 0.324 e. The van der Waals surface area contributed by atoms with Crippen molar-refractivity contribution < 1.29 is 13.6 Å². The van der Waals surface area contributed by atoms with Gasteiger partial charge in [-0.1, -0.05) is 17.3 Å². The first-order chi connectivity index (χ1) is 11.5. The van der Waals surface area contributed by atoms with Crippen molar-refractivity contribution in [3.63, 3.8) is 0 Å². The fourth-order valence-corrected chi connectivity index (χ4v) is 2.95. The average Bonchev–Trinajstić information content (AvgIpc) is 2.97. The summed E-state index contributed by atoms with van der Waals surface area (Å²) in [7, 11) is 1.72. The first-order valence-corrected chi connectivity index (χ1v) is 7.88. The Morgan fingerprint density at radius 2 is 2.08 bits per heavy atom. The van der Waals surface area contributed by atoms with Crippen molar-refractivity contribution >= 4 is 11.8 Å². The quantitative estimate of drug-likeness (QED) is 0.938. The van der Waals surface area contributed by atoms with Crippen LogP contribution < -0.4 is 5.32 Å². The number of urea groups is 1. The molecule has 0 bridgehead atoms. The maximum atomic E-state index is 13.7. The second-order valence-electron chi connectivity index (χ2n) is 6.06. The molecule has 1 aliphatic rings. The molecule has 1 saturated heterocycles. The summed E-state index contributed by atoms with van der Waals surface area (Å²) in [5.74, 6) is -0.929. The van der Waals surface area contributed by atoms with Crippen LogP contribution in [0, 0.1) is 17.6 Å². The fourth-order valence-electron chi connectivity index (χ4n) is 2.95. The highest BCUT2D eigenvalue weighted by Gasteiger charge is 2.24. The van der Waals surface area contributed by atoms with E-state index >= 15 is 0 Å². The van der Waals surface area contributed by atoms with Gasteiger partial charge < -0.3 is 4.90 Å². The highest BCUT2D eigenvalue weighted by Crippen LogP contribution is 2.24. The van der Waals surface area contributed by atoms with Gasteiger partial charge in [0, 0.05) is 20.1 Å². The van der Waals surface area contributed by atoms with Crippen LogP contribution in [0.4, 0.5) is 19.4 Å². The fraction of sp³-hybridized carbons (Fsp3) is 0.438. The predicted octanol–water partition coefficient (Wildman–Crippen LogP) is 2.58. The molecule has 6 nitrogen and oxygen atoms in total. The number of hydrogen-bond acceptors (Lipinski definition) is 3. The number of nitrogens with one attached hydrogen (secondary N) is 1. The molecule has 1 fully saturated rings. The number of halogens is 2. The zero-order valence-electron chi connectivity index (χ0n) is 13.4. The Balaban J connectivity index is 1.52. The molecule has 128 valence electrons. The molecule has 3 rings (SSSR count). The van der Waals surface area contributed by atoms with Crippen LogP contribution in [0.2, 0.25) is 0 Å². The minimum atomic E-state index is -0.812. The second kappa shape index (κ2) is 6.94. The maximum absolute atomic E-state index is 13.7. The van der Waals surface area contributed by atoms with E-state index in [0.717, 1.165) is 18.9 Å². The van der Waals surface area contributed by atoms with Gasteiger partial charge in [0.05, 0.1) is 6.20 Å². The standard InChI is InChI=1S/C16H19F2N5O/c1-22-10-14(20-21-22)19-16(24)23-7-5-11(6-8-23)9-12-3-2-4-13(17)15(12)18/h2-4,10-11H,5-9H2,1H3,(H,19,24). The van der Waals surface area contributed by atoms with Gasteiger partial charge in [0.25, 0.3) is 0 Å². The molecule has 2 amide bonds. The lowest BCUT2D eigenvalue weighted by molar-refractivity contribution is 0.182. The molecule has 0 radical (unpaired) electrons. The molecule has 1 N–H and O–H groups in total. The van der Waals surface area contributed by atoms with E-state index in [0.29, 0.717) is 30.9 Å². The molecule has 2 heterocycles. The molecule has 1 aliphatic heterocycles. The minimum Gasteiger partial charge on any atom is -0.324 e. The van der Waals surface area contributed by atoms with Gasteiger partial charge >= 0.3 is 6.03 Å². The van der Waals surface area contributed by atoms with Crippen molar-refractivity contribution in [2.45, 2.75) is 19.3 Å². The zero-order valence-corrected chi connectivity index (χ0v) is 13.4. The summed E-state index contributed by atoms with van der Waals surface area (Å²) < 4.78 is 28.5. The Bertz CT molecular complexity index is 725. The average molecular weight is 335 g/mol. The monoisotopic (exact) mass is 335 g/mol. The Labute approximate surface area is 138 Å². The molecule has 2 aromatic rings. The lowest BCUT2D eigenvalue weighted by Gasteiger charge is -2.31. The van der Waals surface area contributed by atoms with Gasteiger partial charge in [0.1, 0.15) is 0 Å². The van der Waals surface area contributed by atoms with E-state index in [-0.39, 0.29) is 11.9 Å². The van der Waals surface area contributed by atoms with Crippen molar-refractivity contribution in [3.8, 4) is 0 Å². The van der Waals surface area contributed by atoms with E-state index in [1.165, 1.54) is 10.7 Å². The molecule has 0 unspecified atom stereocenters. The first kappa shape index (κ1) is 16.4. The first-order valence-electron chi connectivity index (χ1n) is 7.88. The second-order valence-corrected chi connectivity index (χ2v) is 6.06. The molecule has 0 spiro atoms. The zero-order chi connectivity index (χ0) is 17.1. The van der Waals surface area contributed by atoms with Crippen LogP contribution in [0.5, 0.6) is 0 Å². The highest BCUT2D eigenvalue weighted by atomic mass is 19.2. The number of nitrogens with zero attached hydrogens (tertiary/aromatic N) is 4. The number of benzene rings is 1. The van der Waals surface area contributed by atoms with Crippen molar-refractivity contribution in [1.82, 2.24) is 19.9 Å². The Morgan fingerprint density at radius 3 is 2.75 bits per heavy atom. The van der Waals surface area contributed by atoms with Crippen LogP contribution in [-0.4, -0.2) is 39.0 Å². The number of aryl methyl sites for hydroxylation is 1. The van der Waals surface area contributed by atoms with Crippen LogP contribution >= 0.6 is 0 Å². The van der Waals surface area contributed by atoms with Crippen molar-refractivity contribution in [1.29, 1.82) is 0 Å². The summed E-state index contributed by atoms with van der Waals surface area (Å²) in [5.41, 5.74) is 0.400. The number of carbonyl (C=O) groups is 1. The smallest absolute Gasteiger partial charge is 0.323 e. The van der Waals surface area contributed by atoms with Gasteiger partial charge in [-0.3, -0.25) is 10.00 Å². The third-order valence-corrected chi connectivity index (χ3v) is 4.28. The van der Waals surface area contributed by atoms with Crippen LogP contribution in [0.3, 0.4) is 0 Å². The van der Waals surface area contributed by atoms with E-state index in [1.54, 1.807) is 24.2 Å². The highest BCUT2D eigenvalue weighted by molar-refractivity contribution is 5.88. The van der Waals surface area contributed by atoms with Gasteiger partial charge in [0.2, 0.25) is 0 Å². The maximum Gasteiger partial charge on any atom is 0.323 e. The van der Waals surface area contributed by atoms with Crippen molar-refractivity contribution in [3.05, 3.63) is 41.6 Å². The summed E-state index contributed by atoms with van der Waals surface area (Å²) >= 11 is 0. The molecule has 1 aromatic carbocycles. The third kappa shape index (κ3) is 3.69. The van der Waals surface area contributed by atoms with Gasteiger partial charge in [-0.05, 0) is 36.8 Å². The molecule has 0 atom stereocenters. The summed E-state index contributed by atoms with van der Waals surface area (Å²) in [5, 5.41) is 10.3. The van der Waals surface area contributed by atoms with Crippen LogP contribution in [0.1, 0.15) is 18.4 Å². The molecule has 8 heteroatoms. The summed E-state index contributed by atoms with van der Waals surface area (Å²) in [4.78, 5) is 13.9. The van der Waals surface area contributed by atoms with E-state index in [4.69, 9.17) is 0 Å². The Kier molecular flexibility index (Phi) is 4.73. The molecule has 24 heavy (non-hydrogen) atoms. The third-order valence-electron chi connectivity index (χ3n) is 4.28. The van der Waals surface area contributed by atoms with Gasteiger partial charge in [-0.15, -0.1) is 5.10 Å². The van der Waals surface area contributed by atoms with Crippen molar-refractivity contribution in [2.75, 3.05) is 18.4 Å². The summed E-state index contributed by atoms with van der Waals surface area (Å²) in [6.45, 7) is 1.15. The number of anilines is 1. The number of carbonyl (C=O) groups excluding carboxylic acids is 1. The normalized spacial score (nSPS) is 15.5. The number of hydrogen-bond donors (Lipinski definition) is 1. The lowest BCUT2D eigenvalue weighted by atomic mass is 9.90. The SMILES string of the molecule is Cn1cc(NC(=O)N2CCC(Cc3cccc(F)c3F)CC2)nn1. The van der Waals surface area contributed by atoms with Gasteiger partial charge in [0.15, 0.2) is 17.5 Å². The Morgan fingerprint density at radius 1 is 1.33 bits per heavy atom. The van der Waals surface area contributed by atoms with Crippen LogP contribution in [-0.2, 0) is 13.5 Å².